The number of anilines is 1. The van der Waals surface area contributed by atoms with Crippen molar-refractivity contribution in [2.75, 3.05) is 11.4 Å². The molecule has 0 aliphatic carbocycles. The molecule has 0 fully saturated rings. The van der Waals surface area contributed by atoms with Crippen LogP contribution in [-0.2, 0) is 0 Å². The summed E-state index contributed by atoms with van der Waals surface area (Å²) in [5.74, 6) is -0.362. The number of nitrogens with zero attached hydrogens (tertiary/aromatic N) is 1. The van der Waals surface area contributed by atoms with Crippen LogP contribution in [0.1, 0.15) is 58.4 Å². The summed E-state index contributed by atoms with van der Waals surface area (Å²) in [6.45, 7) is 3.02. The van der Waals surface area contributed by atoms with Gasteiger partial charge in [0.25, 0.3) is 0 Å². The largest absolute Gasteiger partial charge is 0.334 e. The predicted octanol–water partition coefficient (Wildman–Crippen LogP) is 7.67. The van der Waals surface area contributed by atoms with E-state index >= 15 is 0 Å². The molecule has 0 saturated carbocycles. The number of hydrogen-bond donors (Lipinski definition) is 0. The van der Waals surface area contributed by atoms with E-state index in [0.29, 0.717) is 15.3 Å². The van der Waals surface area contributed by atoms with Crippen molar-refractivity contribution in [2.24, 2.45) is 0 Å². The number of carbonyl (C=O) groups excluding carboxylic acids is 2. The number of unbranched alkanes of at least 4 members (excludes halogenated alkanes) is 4. The van der Waals surface area contributed by atoms with Gasteiger partial charge >= 0.3 is 0 Å². The fraction of sp³-hybridized carbons (Fsp3) is 0.280. The van der Waals surface area contributed by atoms with Crippen LogP contribution in [0.4, 0.5) is 5.69 Å². The van der Waals surface area contributed by atoms with Gasteiger partial charge in [0.2, 0.25) is 11.6 Å². The number of thiophene rings is 2. The third-order valence-electron chi connectivity index (χ3n) is 5.25. The van der Waals surface area contributed by atoms with Crippen LogP contribution in [0.25, 0.3) is 0 Å². The second kappa shape index (κ2) is 10.4. The molecule has 3 heterocycles. The van der Waals surface area contributed by atoms with Gasteiger partial charge in [0, 0.05) is 11.4 Å². The van der Waals surface area contributed by atoms with Crippen molar-refractivity contribution in [1.29, 1.82) is 0 Å². The highest BCUT2D eigenvalue weighted by atomic mass is 32.2. The lowest BCUT2D eigenvalue weighted by molar-refractivity contribution is 0.0965. The first-order valence-electron chi connectivity index (χ1n) is 10.7. The molecule has 0 N–H and O–H groups in total. The Bertz CT molecular complexity index is 1020. The summed E-state index contributed by atoms with van der Waals surface area (Å²) in [7, 11) is 0. The van der Waals surface area contributed by atoms with E-state index in [1.807, 2.05) is 35.0 Å². The Hall–Kier alpha value is -2.15. The van der Waals surface area contributed by atoms with Gasteiger partial charge in [0.15, 0.2) is 0 Å². The van der Waals surface area contributed by atoms with Gasteiger partial charge in [0.1, 0.15) is 5.57 Å². The van der Waals surface area contributed by atoms with Crippen LogP contribution in [0.5, 0.6) is 0 Å². The van der Waals surface area contributed by atoms with E-state index < -0.39 is 0 Å². The smallest absolute Gasteiger partial charge is 0.209 e. The third kappa shape index (κ3) is 4.86. The molecule has 0 unspecified atom stereocenters. The predicted molar refractivity (Wildman–Crippen MR) is 133 cm³/mol. The molecule has 0 atom stereocenters. The Morgan fingerprint density at radius 2 is 1.45 bits per heavy atom. The number of ketones is 2. The van der Waals surface area contributed by atoms with Crippen molar-refractivity contribution < 1.29 is 9.59 Å². The van der Waals surface area contributed by atoms with E-state index in [1.165, 1.54) is 41.9 Å². The molecule has 0 saturated heterocycles. The zero-order chi connectivity index (χ0) is 21.6. The van der Waals surface area contributed by atoms with E-state index in [4.69, 9.17) is 0 Å². The molecule has 0 amide bonds. The van der Waals surface area contributed by atoms with Gasteiger partial charge in [0.05, 0.1) is 20.5 Å². The number of fused-ring (bicyclic) bond motifs is 1. The summed E-state index contributed by atoms with van der Waals surface area (Å²) in [4.78, 5) is 31.6. The molecule has 0 radical (unpaired) electrons. The second-order valence-corrected chi connectivity index (χ2v) is 10.4. The summed E-state index contributed by atoms with van der Waals surface area (Å²) in [5, 5.41) is 4.54. The molecule has 3 nitrogen and oxygen atoms in total. The Kier molecular flexibility index (Phi) is 7.43. The Morgan fingerprint density at radius 1 is 0.806 bits per heavy atom. The zero-order valence-electron chi connectivity index (χ0n) is 17.5. The van der Waals surface area contributed by atoms with Gasteiger partial charge in [-0.05, 0) is 41.4 Å². The van der Waals surface area contributed by atoms with Gasteiger partial charge < -0.3 is 4.90 Å². The maximum atomic E-state index is 13.5. The van der Waals surface area contributed by atoms with Crippen LogP contribution in [0.3, 0.4) is 0 Å². The lowest BCUT2D eigenvalue weighted by Gasteiger charge is -2.22. The summed E-state index contributed by atoms with van der Waals surface area (Å²) in [6.07, 6.45) is 5.85. The van der Waals surface area contributed by atoms with Gasteiger partial charge in [-0.25, -0.2) is 0 Å². The molecular formula is C25H25NO2S3. The maximum absolute atomic E-state index is 13.5. The van der Waals surface area contributed by atoms with Crippen molar-refractivity contribution in [3.05, 3.63) is 79.6 Å². The van der Waals surface area contributed by atoms with Crippen molar-refractivity contribution in [1.82, 2.24) is 0 Å². The van der Waals surface area contributed by atoms with E-state index in [9.17, 15) is 9.59 Å². The van der Waals surface area contributed by atoms with E-state index in [1.54, 1.807) is 23.9 Å². The molecular weight excluding hydrogens is 442 g/mol. The Morgan fingerprint density at radius 3 is 2.06 bits per heavy atom. The lowest BCUT2D eigenvalue weighted by atomic mass is 10.0. The zero-order valence-corrected chi connectivity index (χ0v) is 20.0. The first-order valence-corrected chi connectivity index (χ1v) is 13.2. The van der Waals surface area contributed by atoms with E-state index in [-0.39, 0.29) is 11.6 Å². The standard InChI is InChI=1S/C25H25NO2S3/c1-2-3-4-5-8-15-26-18-11-6-7-12-19(18)31-25(26)22(23(27)20-13-9-16-29-20)24(28)21-14-10-17-30-21/h6-7,9-14,16-17H,2-5,8,15H2,1H3. The minimum atomic E-state index is -0.181. The first-order chi connectivity index (χ1) is 15.2. The number of thioether (sulfide) groups is 1. The van der Waals surface area contributed by atoms with Crippen molar-refractivity contribution >= 4 is 51.7 Å². The third-order valence-corrected chi connectivity index (χ3v) is 8.17. The minimum Gasteiger partial charge on any atom is -0.334 e. The lowest BCUT2D eigenvalue weighted by Crippen LogP contribution is -2.25. The number of benzene rings is 1. The number of rotatable bonds is 10. The summed E-state index contributed by atoms with van der Waals surface area (Å²) >= 11 is 4.31. The molecule has 1 aliphatic rings. The van der Waals surface area contributed by atoms with Crippen molar-refractivity contribution in [2.45, 2.75) is 43.9 Å². The molecule has 0 spiro atoms. The minimum absolute atomic E-state index is 0.181. The van der Waals surface area contributed by atoms with Crippen LogP contribution in [0.15, 0.2) is 74.8 Å². The molecule has 31 heavy (non-hydrogen) atoms. The molecule has 6 heteroatoms. The number of carbonyl (C=O) groups is 2. The fourth-order valence-corrected chi connectivity index (χ4v) is 6.24. The first kappa shape index (κ1) is 22.1. The van der Waals surface area contributed by atoms with Crippen molar-refractivity contribution in [3.8, 4) is 0 Å². The van der Waals surface area contributed by atoms with Crippen LogP contribution in [0.2, 0.25) is 0 Å². The highest BCUT2D eigenvalue weighted by Crippen LogP contribution is 2.48. The molecule has 4 rings (SSSR count). The van der Waals surface area contributed by atoms with E-state index in [2.05, 4.69) is 24.0 Å². The normalized spacial score (nSPS) is 12.8. The Balaban J connectivity index is 1.75. The number of para-hydroxylation sites is 1. The average molecular weight is 468 g/mol. The average Bonchev–Trinajstić information content (AvgIpc) is 3.55. The van der Waals surface area contributed by atoms with Crippen LogP contribution < -0.4 is 4.90 Å². The van der Waals surface area contributed by atoms with Gasteiger partial charge in [-0.3, -0.25) is 9.59 Å². The van der Waals surface area contributed by atoms with Gasteiger partial charge in [-0.15, -0.1) is 22.7 Å². The molecule has 1 aliphatic heterocycles. The van der Waals surface area contributed by atoms with Gasteiger partial charge in [-0.2, -0.15) is 0 Å². The highest BCUT2D eigenvalue weighted by Gasteiger charge is 2.34. The number of allylic oxidation sites excluding steroid dienone is 1. The maximum Gasteiger partial charge on any atom is 0.209 e. The van der Waals surface area contributed by atoms with Crippen LogP contribution >= 0.6 is 34.4 Å². The topological polar surface area (TPSA) is 37.4 Å². The summed E-state index contributed by atoms with van der Waals surface area (Å²) < 4.78 is 0. The Labute approximate surface area is 195 Å². The second-order valence-electron chi connectivity index (χ2n) is 7.43. The summed E-state index contributed by atoms with van der Waals surface area (Å²) in [6, 6.07) is 15.5. The SMILES string of the molecule is CCCCCCCN1C(=C(C(=O)c2cccs2)C(=O)c2cccs2)Sc2ccccc21. The summed E-state index contributed by atoms with van der Waals surface area (Å²) in [5.41, 5.74) is 1.38. The molecule has 0 bridgehead atoms. The molecule has 2 aromatic heterocycles. The van der Waals surface area contributed by atoms with Crippen molar-refractivity contribution in [3.63, 3.8) is 0 Å². The highest BCUT2D eigenvalue weighted by molar-refractivity contribution is 8.03. The molecule has 1 aromatic carbocycles. The quantitative estimate of drug-likeness (QED) is 0.101. The van der Waals surface area contributed by atoms with E-state index in [0.717, 1.165) is 35.0 Å². The monoisotopic (exact) mass is 467 g/mol. The molecule has 3 aromatic rings. The van der Waals surface area contributed by atoms with Crippen LogP contribution in [0, 0.1) is 0 Å². The van der Waals surface area contributed by atoms with Crippen LogP contribution in [-0.4, -0.2) is 18.1 Å². The number of Topliss-reactive ketones (excluding diaryl/α,β-unsaturated/α-hetero) is 2. The fourth-order valence-electron chi connectivity index (χ4n) is 3.68. The van der Waals surface area contributed by atoms with Gasteiger partial charge in [-0.1, -0.05) is 68.6 Å². The number of hydrogen-bond acceptors (Lipinski definition) is 6. The molecule has 160 valence electrons.